The van der Waals surface area contributed by atoms with E-state index in [4.69, 9.17) is 11.6 Å². The van der Waals surface area contributed by atoms with Crippen LogP contribution in [0.2, 0.25) is 5.02 Å². The van der Waals surface area contributed by atoms with Crippen molar-refractivity contribution in [2.45, 2.75) is 25.3 Å². The summed E-state index contributed by atoms with van der Waals surface area (Å²) < 4.78 is 0. The highest BCUT2D eigenvalue weighted by molar-refractivity contribution is 6.31. The molecule has 0 unspecified atom stereocenters. The molecule has 0 aliphatic heterocycles. The molecule has 2 amide bonds. The number of benzene rings is 1. The van der Waals surface area contributed by atoms with E-state index in [0.29, 0.717) is 0 Å². The fourth-order valence-electron chi connectivity index (χ4n) is 1.66. The Bertz CT molecular complexity index is 488. The molecule has 1 aliphatic rings. The average molecular weight is 270 g/mol. The monoisotopic (exact) mass is 269 g/mol. The highest BCUT2D eigenvalue weighted by Gasteiger charge is 2.21. The van der Waals surface area contributed by atoms with E-state index in [-0.39, 0.29) is 22.4 Å². The summed E-state index contributed by atoms with van der Waals surface area (Å²) in [6.07, 6.45) is 3.01. The number of amides is 2. The topological polar surface area (TPSA) is 84.3 Å². The lowest BCUT2D eigenvalue weighted by Crippen LogP contribution is -2.41. The lowest BCUT2D eigenvalue weighted by molar-refractivity contribution is -0.383. The van der Waals surface area contributed by atoms with Crippen molar-refractivity contribution in [1.82, 2.24) is 5.32 Å². The first kappa shape index (κ1) is 12.6. The summed E-state index contributed by atoms with van der Waals surface area (Å²) in [5, 5.41) is 16.3. The fraction of sp³-hybridized carbons (Fsp3) is 0.364. The van der Waals surface area contributed by atoms with Gasteiger partial charge in [-0.1, -0.05) is 11.6 Å². The third-order valence-electron chi connectivity index (χ3n) is 2.85. The molecule has 2 rings (SSSR count). The number of anilines is 1. The van der Waals surface area contributed by atoms with Gasteiger partial charge in [0.2, 0.25) is 0 Å². The van der Waals surface area contributed by atoms with Gasteiger partial charge in [0.05, 0.1) is 4.92 Å². The molecule has 0 spiro atoms. The lowest BCUT2D eigenvalue weighted by atomic mass is 9.93. The van der Waals surface area contributed by atoms with E-state index in [2.05, 4.69) is 10.6 Å². The standard InChI is InChI=1S/C11H12ClN3O3/c12-7-4-5-9(10(6-7)15(17)18)14-11(16)13-8-2-1-3-8/h4-6,8H,1-3H2,(H2,13,14,16). The average Bonchev–Trinajstić information content (AvgIpc) is 2.26. The predicted octanol–water partition coefficient (Wildman–Crippen LogP) is 2.92. The van der Waals surface area contributed by atoms with E-state index in [1.807, 2.05) is 0 Å². The number of hydrogen-bond acceptors (Lipinski definition) is 3. The van der Waals surface area contributed by atoms with Crippen molar-refractivity contribution in [2.24, 2.45) is 0 Å². The second kappa shape index (κ2) is 5.22. The van der Waals surface area contributed by atoms with Crippen LogP contribution in [0.4, 0.5) is 16.2 Å². The molecule has 18 heavy (non-hydrogen) atoms. The van der Waals surface area contributed by atoms with E-state index in [1.165, 1.54) is 18.2 Å². The van der Waals surface area contributed by atoms with Crippen LogP contribution in [0.15, 0.2) is 18.2 Å². The summed E-state index contributed by atoms with van der Waals surface area (Å²) >= 11 is 5.68. The molecule has 2 N–H and O–H groups in total. The van der Waals surface area contributed by atoms with Gasteiger partial charge in [-0.2, -0.15) is 0 Å². The van der Waals surface area contributed by atoms with Crippen LogP contribution in [0.25, 0.3) is 0 Å². The zero-order chi connectivity index (χ0) is 13.1. The largest absolute Gasteiger partial charge is 0.335 e. The van der Waals surface area contributed by atoms with Crippen LogP contribution in [0, 0.1) is 10.1 Å². The Morgan fingerprint density at radius 3 is 2.72 bits per heavy atom. The predicted molar refractivity (Wildman–Crippen MR) is 67.9 cm³/mol. The maximum atomic E-state index is 11.6. The Labute approximate surface area is 108 Å². The molecule has 0 aromatic heterocycles. The Morgan fingerprint density at radius 1 is 1.44 bits per heavy atom. The number of urea groups is 1. The molecule has 0 atom stereocenters. The van der Waals surface area contributed by atoms with Gasteiger partial charge in [0.25, 0.3) is 5.69 Å². The van der Waals surface area contributed by atoms with Crippen molar-refractivity contribution >= 4 is 29.0 Å². The van der Waals surface area contributed by atoms with Gasteiger partial charge in [-0.3, -0.25) is 10.1 Å². The second-order valence-electron chi connectivity index (χ2n) is 4.14. The highest BCUT2D eigenvalue weighted by Crippen LogP contribution is 2.27. The Morgan fingerprint density at radius 2 is 2.17 bits per heavy atom. The number of hydrogen-bond donors (Lipinski definition) is 2. The molecule has 1 saturated carbocycles. The van der Waals surface area contributed by atoms with E-state index in [0.717, 1.165) is 19.3 Å². The number of carbonyl (C=O) groups excluding carboxylic acids is 1. The fourth-order valence-corrected chi connectivity index (χ4v) is 1.82. The van der Waals surface area contributed by atoms with Crippen LogP contribution in [-0.2, 0) is 0 Å². The van der Waals surface area contributed by atoms with Crippen molar-refractivity contribution in [2.75, 3.05) is 5.32 Å². The third kappa shape index (κ3) is 2.89. The minimum Gasteiger partial charge on any atom is -0.335 e. The zero-order valence-electron chi connectivity index (χ0n) is 9.48. The lowest BCUT2D eigenvalue weighted by Gasteiger charge is -2.26. The molecule has 1 aromatic rings. The molecule has 1 aliphatic carbocycles. The van der Waals surface area contributed by atoms with E-state index < -0.39 is 11.0 Å². The van der Waals surface area contributed by atoms with Gasteiger partial charge in [0.15, 0.2) is 0 Å². The van der Waals surface area contributed by atoms with Crippen molar-refractivity contribution in [3.8, 4) is 0 Å². The maximum absolute atomic E-state index is 11.6. The van der Waals surface area contributed by atoms with Crippen molar-refractivity contribution in [3.05, 3.63) is 33.3 Å². The Kier molecular flexibility index (Phi) is 3.66. The number of nitro benzene ring substituents is 1. The molecule has 6 nitrogen and oxygen atoms in total. The first-order valence-corrected chi connectivity index (χ1v) is 5.95. The van der Waals surface area contributed by atoms with Gasteiger partial charge in [-0.05, 0) is 31.4 Å². The van der Waals surface area contributed by atoms with Gasteiger partial charge in [-0.25, -0.2) is 4.79 Å². The molecular formula is C11H12ClN3O3. The Hall–Kier alpha value is -1.82. The summed E-state index contributed by atoms with van der Waals surface area (Å²) in [7, 11) is 0. The molecule has 0 bridgehead atoms. The number of carbonyl (C=O) groups is 1. The van der Waals surface area contributed by atoms with Crippen LogP contribution in [0.5, 0.6) is 0 Å². The molecular weight excluding hydrogens is 258 g/mol. The zero-order valence-corrected chi connectivity index (χ0v) is 10.2. The maximum Gasteiger partial charge on any atom is 0.319 e. The van der Waals surface area contributed by atoms with E-state index >= 15 is 0 Å². The minimum atomic E-state index is -0.579. The van der Waals surface area contributed by atoms with Crippen LogP contribution in [0.3, 0.4) is 0 Å². The minimum absolute atomic E-state index is 0.140. The first-order valence-electron chi connectivity index (χ1n) is 5.58. The molecule has 0 heterocycles. The number of rotatable bonds is 3. The van der Waals surface area contributed by atoms with Gasteiger partial charge >= 0.3 is 6.03 Å². The summed E-state index contributed by atoms with van der Waals surface area (Å²) in [5.74, 6) is 0. The van der Waals surface area contributed by atoms with Crippen LogP contribution in [-0.4, -0.2) is 17.0 Å². The number of nitro groups is 1. The highest BCUT2D eigenvalue weighted by atomic mass is 35.5. The van der Waals surface area contributed by atoms with Crippen LogP contribution < -0.4 is 10.6 Å². The SMILES string of the molecule is O=C(Nc1ccc(Cl)cc1[N+](=O)[O-])NC1CCC1. The van der Waals surface area contributed by atoms with Gasteiger partial charge in [-0.15, -0.1) is 0 Å². The molecule has 96 valence electrons. The summed E-state index contributed by atoms with van der Waals surface area (Å²) in [6.45, 7) is 0. The van der Waals surface area contributed by atoms with Gasteiger partial charge in [0, 0.05) is 17.1 Å². The molecule has 0 radical (unpaired) electrons. The quantitative estimate of drug-likeness (QED) is 0.653. The van der Waals surface area contributed by atoms with Crippen LogP contribution in [0.1, 0.15) is 19.3 Å². The molecule has 1 fully saturated rings. The smallest absolute Gasteiger partial charge is 0.319 e. The molecule has 1 aromatic carbocycles. The van der Waals surface area contributed by atoms with E-state index in [9.17, 15) is 14.9 Å². The Balaban J connectivity index is 2.07. The van der Waals surface area contributed by atoms with Gasteiger partial charge < -0.3 is 10.6 Å². The van der Waals surface area contributed by atoms with E-state index in [1.54, 1.807) is 0 Å². The summed E-state index contributed by atoms with van der Waals surface area (Å²) in [4.78, 5) is 21.8. The normalized spacial score (nSPS) is 14.7. The number of nitrogens with zero attached hydrogens (tertiary/aromatic N) is 1. The summed E-state index contributed by atoms with van der Waals surface area (Å²) in [5.41, 5.74) is -0.0764. The summed E-state index contributed by atoms with van der Waals surface area (Å²) in [6, 6.07) is 3.87. The molecule has 0 saturated heterocycles. The van der Waals surface area contributed by atoms with Crippen LogP contribution >= 0.6 is 11.6 Å². The number of nitrogens with one attached hydrogen (secondary N) is 2. The van der Waals surface area contributed by atoms with Crippen molar-refractivity contribution in [1.29, 1.82) is 0 Å². The van der Waals surface area contributed by atoms with Crippen molar-refractivity contribution in [3.63, 3.8) is 0 Å². The van der Waals surface area contributed by atoms with Crippen molar-refractivity contribution < 1.29 is 9.72 Å². The second-order valence-corrected chi connectivity index (χ2v) is 4.58. The number of halogens is 1. The molecule has 7 heteroatoms. The third-order valence-corrected chi connectivity index (χ3v) is 3.08. The first-order chi connectivity index (χ1) is 8.56. The van der Waals surface area contributed by atoms with Gasteiger partial charge in [0.1, 0.15) is 5.69 Å².